The molecule has 2 heterocycles. The second-order valence-corrected chi connectivity index (χ2v) is 7.79. The van der Waals surface area contributed by atoms with Crippen molar-refractivity contribution in [3.05, 3.63) is 39.4 Å². The third-order valence-corrected chi connectivity index (χ3v) is 5.92. The van der Waals surface area contributed by atoms with Crippen molar-refractivity contribution >= 4 is 22.6 Å². The van der Waals surface area contributed by atoms with E-state index >= 15 is 4.39 Å². The summed E-state index contributed by atoms with van der Waals surface area (Å²) in [6.45, 7) is 2.28. The van der Waals surface area contributed by atoms with Gasteiger partial charge in [-0.05, 0) is 37.8 Å². The number of anilines is 1. The van der Waals surface area contributed by atoms with Crippen molar-refractivity contribution < 1.29 is 24.5 Å². The van der Waals surface area contributed by atoms with Crippen LogP contribution in [-0.2, 0) is 0 Å². The van der Waals surface area contributed by atoms with Gasteiger partial charge in [-0.3, -0.25) is 4.79 Å². The van der Waals surface area contributed by atoms with Crippen molar-refractivity contribution in [2.24, 2.45) is 5.92 Å². The monoisotopic (exact) mass is 390 g/mol. The molecule has 28 heavy (non-hydrogen) atoms. The maximum atomic E-state index is 15.1. The lowest BCUT2D eigenvalue weighted by Gasteiger charge is -2.37. The molecule has 1 aliphatic carbocycles. The molecule has 7 nitrogen and oxygen atoms in total. The van der Waals surface area contributed by atoms with E-state index in [-0.39, 0.29) is 36.1 Å². The molecule has 2 fully saturated rings. The van der Waals surface area contributed by atoms with Crippen LogP contribution in [0, 0.1) is 18.7 Å². The molecule has 2 atom stereocenters. The summed E-state index contributed by atoms with van der Waals surface area (Å²) in [5.74, 6) is -2.16. The Morgan fingerprint density at radius 3 is 2.61 bits per heavy atom. The molecule has 2 aliphatic rings. The summed E-state index contributed by atoms with van der Waals surface area (Å²) in [5, 5.41) is 29.0. The van der Waals surface area contributed by atoms with Gasteiger partial charge in [-0.2, -0.15) is 0 Å². The minimum atomic E-state index is -1.32. The average molecular weight is 390 g/mol. The van der Waals surface area contributed by atoms with Gasteiger partial charge in [0.25, 0.3) is 0 Å². The predicted octanol–water partition coefficient (Wildman–Crippen LogP) is 1.66. The zero-order chi connectivity index (χ0) is 20.2. The van der Waals surface area contributed by atoms with E-state index in [1.807, 2.05) is 0 Å². The summed E-state index contributed by atoms with van der Waals surface area (Å²) in [5.41, 5.74) is 0.384. The van der Waals surface area contributed by atoms with E-state index in [0.717, 1.165) is 18.9 Å². The summed E-state index contributed by atoms with van der Waals surface area (Å²) in [6.07, 6.45) is 2.88. The number of benzene rings is 1. The fraction of sp³-hybridized carbons (Fsp3) is 0.500. The van der Waals surface area contributed by atoms with Gasteiger partial charge >= 0.3 is 5.97 Å². The van der Waals surface area contributed by atoms with Crippen LogP contribution in [0.15, 0.2) is 17.1 Å². The van der Waals surface area contributed by atoms with Gasteiger partial charge in [-0.1, -0.05) is 0 Å². The zero-order valence-corrected chi connectivity index (χ0v) is 15.6. The molecule has 1 aromatic carbocycles. The van der Waals surface area contributed by atoms with Crippen molar-refractivity contribution in [3.8, 4) is 0 Å². The number of aliphatic hydroxyl groups is 2. The van der Waals surface area contributed by atoms with Gasteiger partial charge in [0, 0.05) is 43.2 Å². The number of nitrogens with zero attached hydrogens (tertiary/aromatic N) is 2. The van der Waals surface area contributed by atoms with Crippen molar-refractivity contribution in [2.45, 2.75) is 38.3 Å². The first-order chi connectivity index (χ1) is 13.3. The van der Waals surface area contributed by atoms with E-state index in [1.165, 1.54) is 6.20 Å². The molecule has 1 aliphatic heterocycles. The SMILES string of the molecule is Cc1c(N2CCC(CO)C(O)C2)c(F)cc2c(=O)c(C(=O)O)cn(C3CC3)c12. The number of aryl methyl sites for hydroxylation is 1. The van der Waals surface area contributed by atoms with Crippen LogP contribution in [0.5, 0.6) is 0 Å². The summed E-state index contributed by atoms with van der Waals surface area (Å²) in [7, 11) is 0. The highest BCUT2D eigenvalue weighted by Gasteiger charge is 2.32. The van der Waals surface area contributed by atoms with Crippen LogP contribution in [0.4, 0.5) is 10.1 Å². The summed E-state index contributed by atoms with van der Waals surface area (Å²) in [4.78, 5) is 25.9. The second kappa shape index (κ2) is 6.86. The molecule has 3 N–H and O–H groups in total. The number of hydrogen-bond donors (Lipinski definition) is 3. The molecule has 1 saturated heterocycles. The third kappa shape index (κ3) is 2.97. The van der Waals surface area contributed by atoms with Gasteiger partial charge in [0.1, 0.15) is 11.4 Å². The molecule has 0 amide bonds. The fourth-order valence-electron chi connectivity index (χ4n) is 4.25. The van der Waals surface area contributed by atoms with Gasteiger partial charge in [-0.15, -0.1) is 0 Å². The molecule has 2 aromatic rings. The molecule has 8 heteroatoms. The number of aromatic nitrogens is 1. The largest absolute Gasteiger partial charge is 0.477 e. The Morgan fingerprint density at radius 2 is 2.04 bits per heavy atom. The number of carboxylic acids is 1. The van der Waals surface area contributed by atoms with E-state index < -0.39 is 23.3 Å². The normalized spacial score (nSPS) is 22.6. The number of piperidine rings is 1. The number of halogens is 1. The molecule has 2 unspecified atom stereocenters. The zero-order valence-electron chi connectivity index (χ0n) is 15.6. The van der Waals surface area contributed by atoms with Crippen LogP contribution in [0.1, 0.15) is 41.2 Å². The first-order valence-corrected chi connectivity index (χ1v) is 9.48. The molecule has 1 aromatic heterocycles. The highest BCUT2D eigenvalue weighted by molar-refractivity contribution is 5.95. The Labute approximate surface area is 160 Å². The Hall–Kier alpha value is -2.45. The van der Waals surface area contributed by atoms with E-state index in [1.54, 1.807) is 16.4 Å². The van der Waals surface area contributed by atoms with Gasteiger partial charge in [0.2, 0.25) is 5.43 Å². The van der Waals surface area contributed by atoms with Crippen LogP contribution in [0.2, 0.25) is 0 Å². The average Bonchev–Trinajstić information content (AvgIpc) is 3.47. The van der Waals surface area contributed by atoms with Crippen LogP contribution in [0.25, 0.3) is 10.9 Å². The number of aliphatic hydroxyl groups excluding tert-OH is 2. The van der Waals surface area contributed by atoms with E-state index in [9.17, 15) is 24.9 Å². The molecule has 1 saturated carbocycles. The lowest BCUT2D eigenvalue weighted by atomic mass is 9.93. The van der Waals surface area contributed by atoms with Crippen molar-refractivity contribution in [1.82, 2.24) is 4.57 Å². The summed E-state index contributed by atoms with van der Waals surface area (Å²) < 4.78 is 16.9. The Morgan fingerprint density at radius 1 is 1.32 bits per heavy atom. The maximum Gasteiger partial charge on any atom is 0.341 e. The first-order valence-electron chi connectivity index (χ1n) is 9.48. The topological polar surface area (TPSA) is 103 Å². The van der Waals surface area contributed by atoms with E-state index in [2.05, 4.69) is 0 Å². The van der Waals surface area contributed by atoms with E-state index in [0.29, 0.717) is 29.7 Å². The number of rotatable bonds is 4. The maximum absolute atomic E-state index is 15.1. The molecular formula is C20H23FN2O5. The smallest absolute Gasteiger partial charge is 0.341 e. The minimum Gasteiger partial charge on any atom is -0.477 e. The number of aromatic carboxylic acids is 1. The van der Waals surface area contributed by atoms with Crippen LogP contribution >= 0.6 is 0 Å². The number of β-amino-alcohol motifs (C(OH)–C–C–N with tert-alkyl or cyclic N) is 1. The van der Waals surface area contributed by atoms with Crippen LogP contribution < -0.4 is 10.3 Å². The first kappa shape index (κ1) is 18.9. The van der Waals surface area contributed by atoms with Gasteiger partial charge in [0.05, 0.1) is 17.3 Å². The fourth-order valence-corrected chi connectivity index (χ4v) is 4.25. The van der Waals surface area contributed by atoms with Crippen LogP contribution in [-0.4, -0.2) is 51.7 Å². The quantitative estimate of drug-likeness (QED) is 0.734. The second-order valence-electron chi connectivity index (χ2n) is 7.79. The number of carbonyl (C=O) groups is 1. The van der Waals surface area contributed by atoms with Crippen molar-refractivity contribution in [2.75, 3.05) is 24.6 Å². The summed E-state index contributed by atoms with van der Waals surface area (Å²) >= 11 is 0. The molecule has 0 radical (unpaired) electrons. The Kier molecular flexibility index (Phi) is 4.63. The van der Waals surface area contributed by atoms with Crippen LogP contribution in [0.3, 0.4) is 0 Å². The molecule has 150 valence electrons. The van der Waals surface area contributed by atoms with Gasteiger partial charge in [0.15, 0.2) is 0 Å². The lowest BCUT2D eigenvalue weighted by molar-refractivity contribution is 0.0546. The van der Waals surface area contributed by atoms with Gasteiger partial charge in [-0.25, -0.2) is 9.18 Å². The molecule has 0 spiro atoms. The number of pyridine rings is 1. The molecular weight excluding hydrogens is 367 g/mol. The number of fused-ring (bicyclic) bond motifs is 1. The lowest BCUT2D eigenvalue weighted by Crippen LogP contribution is -2.45. The Balaban J connectivity index is 1.91. The highest BCUT2D eigenvalue weighted by Crippen LogP contribution is 2.40. The number of hydrogen-bond acceptors (Lipinski definition) is 5. The van der Waals surface area contributed by atoms with E-state index in [4.69, 9.17) is 0 Å². The highest BCUT2D eigenvalue weighted by atomic mass is 19.1. The molecule has 4 rings (SSSR count). The molecule has 0 bridgehead atoms. The van der Waals surface area contributed by atoms with Crippen molar-refractivity contribution in [1.29, 1.82) is 0 Å². The third-order valence-electron chi connectivity index (χ3n) is 5.92. The standard InChI is InChI=1S/C20H23FN2O5/c1-10-17-13(19(26)14(20(27)28)7-23(17)12-2-3-12)6-15(21)18(10)22-5-4-11(9-24)16(25)8-22/h6-7,11-12,16,24-25H,2-5,8-9H2,1H3,(H,27,28). The predicted molar refractivity (Wildman–Crippen MR) is 102 cm³/mol. The van der Waals surface area contributed by atoms with Crippen molar-refractivity contribution in [3.63, 3.8) is 0 Å². The minimum absolute atomic E-state index is 0.0661. The summed E-state index contributed by atoms with van der Waals surface area (Å²) in [6, 6.07) is 1.22. The number of carboxylic acid groups (broad SMARTS) is 1. The van der Waals surface area contributed by atoms with Gasteiger partial charge < -0.3 is 24.8 Å². The Bertz CT molecular complexity index is 1010.